The van der Waals surface area contributed by atoms with Gasteiger partial charge in [0.2, 0.25) is 0 Å². The highest BCUT2D eigenvalue weighted by molar-refractivity contribution is 6.18. The smallest absolute Gasteiger partial charge is 0.136 e. The van der Waals surface area contributed by atoms with Crippen molar-refractivity contribution in [2.75, 3.05) is 4.90 Å². The molecule has 2 aromatic heterocycles. The second kappa shape index (κ2) is 12.8. The zero-order chi connectivity index (χ0) is 36.3. The van der Waals surface area contributed by atoms with Gasteiger partial charge in [-0.25, -0.2) is 0 Å². The van der Waals surface area contributed by atoms with Crippen LogP contribution in [0.2, 0.25) is 0 Å². The first-order chi connectivity index (χ1) is 27.3. The van der Waals surface area contributed by atoms with Crippen LogP contribution in [-0.4, -0.2) is 0 Å². The summed E-state index contributed by atoms with van der Waals surface area (Å²) in [6.07, 6.45) is 5.40. The number of nitrogens with zero attached hydrogens (tertiary/aromatic N) is 1. The molecule has 0 radical (unpaired) electrons. The van der Waals surface area contributed by atoms with Crippen molar-refractivity contribution in [1.29, 1.82) is 0 Å². The van der Waals surface area contributed by atoms with Gasteiger partial charge in [0.05, 0.1) is 5.69 Å². The number of hydrogen-bond acceptors (Lipinski definition) is 3. The van der Waals surface area contributed by atoms with Crippen LogP contribution >= 0.6 is 0 Å². The summed E-state index contributed by atoms with van der Waals surface area (Å²) in [5, 5.41) is 5.74. The van der Waals surface area contributed by atoms with E-state index in [4.69, 9.17) is 8.83 Å². The first-order valence-corrected chi connectivity index (χ1v) is 18.9. The second-order valence-electron chi connectivity index (χ2n) is 14.4. The molecule has 1 aliphatic carbocycles. The van der Waals surface area contributed by atoms with Crippen molar-refractivity contribution in [2.45, 2.75) is 12.3 Å². The third kappa shape index (κ3) is 5.27. The van der Waals surface area contributed by atoms with Crippen LogP contribution in [0, 0.1) is 0 Å². The Labute approximate surface area is 319 Å². The summed E-state index contributed by atoms with van der Waals surface area (Å²) in [5.74, 6) is 1.18. The summed E-state index contributed by atoms with van der Waals surface area (Å²) in [4.78, 5) is 2.40. The number of furan rings is 2. The topological polar surface area (TPSA) is 29.5 Å². The Morgan fingerprint density at radius 2 is 1.11 bits per heavy atom. The highest BCUT2D eigenvalue weighted by Gasteiger charge is 2.27. The lowest BCUT2D eigenvalue weighted by atomic mass is 9.86. The van der Waals surface area contributed by atoms with Gasteiger partial charge >= 0.3 is 0 Å². The summed E-state index contributed by atoms with van der Waals surface area (Å²) in [7, 11) is 0. The maximum absolute atomic E-state index is 6.63. The molecule has 1 unspecified atom stereocenters. The van der Waals surface area contributed by atoms with Gasteiger partial charge in [-0.2, -0.15) is 0 Å². The Morgan fingerprint density at radius 3 is 1.87 bits per heavy atom. The minimum atomic E-state index is 0.142. The van der Waals surface area contributed by atoms with Gasteiger partial charge in [0, 0.05) is 44.6 Å². The Morgan fingerprint density at radius 1 is 0.473 bits per heavy atom. The number of fused-ring (bicyclic) bond motifs is 7. The molecule has 3 nitrogen and oxygen atoms in total. The third-order valence-electron chi connectivity index (χ3n) is 11.2. The monoisotopic (exact) mass is 705 g/mol. The number of allylic oxidation sites excluding steroid dienone is 1. The standard InChI is InChI=1S/C52H35NO2/c1-3-12-34(13-4-1)35-22-26-40(27-23-35)53(41-28-24-36(25-29-41)42-19-11-20-44-43-18-9-10-21-47(43)55-52(42)44)46-30-31-48-51(50(46)37-14-5-2-6-15-37)45-32-38-16-7-8-17-39(38)33-49(45)54-48/h1-18,20-33,42H,19H2. The van der Waals surface area contributed by atoms with Gasteiger partial charge < -0.3 is 13.7 Å². The number of anilines is 3. The molecule has 260 valence electrons. The van der Waals surface area contributed by atoms with Gasteiger partial charge in [-0.15, -0.1) is 0 Å². The molecule has 1 atom stereocenters. The fourth-order valence-corrected chi connectivity index (χ4v) is 8.57. The quantitative estimate of drug-likeness (QED) is 0.172. The van der Waals surface area contributed by atoms with Crippen LogP contribution in [0.1, 0.15) is 29.2 Å². The fraction of sp³-hybridized carbons (Fsp3) is 0.0385. The van der Waals surface area contributed by atoms with Gasteiger partial charge in [0.1, 0.15) is 22.5 Å². The number of benzene rings is 8. The highest BCUT2D eigenvalue weighted by Crippen LogP contribution is 2.48. The van der Waals surface area contributed by atoms with E-state index in [-0.39, 0.29) is 5.92 Å². The predicted molar refractivity (Wildman–Crippen MR) is 228 cm³/mol. The largest absolute Gasteiger partial charge is 0.460 e. The molecule has 55 heavy (non-hydrogen) atoms. The van der Waals surface area contributed by atoms with Crippen LogP contribution in [0.5, 0.6) is 0 Å². The summed E-state index contributed by atoms with van der Waals surface area (Å²) in [5.41, 5.74) is 13.0. The van der Waals surface area contributed by atoms with E-state index in [9.17, 15) is 0 Å². The van der Waals surface area contributed by atoms with Crippen molar-refractivity contribution < 1.29 is 8.83 Å². The maximum atomic E-state index is 6.63. The predicted octanol–water partition coefficient (Wildman–Crippen LogP) is 14.8. The third-order valence-corrected chi connectivity index (χ3v) is 11.2. The van der Waals surface area contributed by atoms with Crippen molar-refractivity contribution in [2.24, 2.45) is 0 Å². The van der Waals surface area contributed by atoms with Crippen molar-refractivity contribution >= 4 is 66.8 Å². The average Bonchev–Trinajstić information content (AvgIpc) is 3.82. The number of para-hydroxylation sites is 1. The van der Waals surface area contributed by atoms with E-state index in [0.29, 0.717) is 0 Å². The maximum Gasteiger partial charge on any atom is 0.136 e. The molecule has 0 saturated heterocycles. The molecule has 8 aromatic carbocycles. The molecule has 0 bridgehead atoms. The molecule has 0 spiro atoms. The summed E-state index contributed by atoms with van der Waals surface area (Å²) in [6.45, 7) is 0. The molecule has 0 amide bonds. The summed E-state index contributed by atoms with van der Waals surface area (Å²) >= 11 is 0. The SMILES string of the molecule is C1=Cc2c(oc3ccccc23)C(c2ccc(N(c3ccc(-c4ccccc4)cc3)c3ccc4oc5cc6ccccc6cc5c4c3-c3ccccc3)cc2)C1. The molecule has 0 saturated carbocycles. The Kier molecular flexibility index (Phi) is 7.31. The van der Waals surface area contributed by atoms with Gasteiger partial charge in [-0.05, 0) is 94.0 Å². The minimum absolute atomic E-state index is 0.142. The van der Waals surface area contributed by atoms with E-state index >= 15 is 0 Å². The average molecular weight is 706 g/mol. The van der Waals surface area contributed by atoms with Crippen molar-refractivity contribution in [3.05, 3.63) is 205 Å². The molecule has 0 N–H and O–H groups in total. The fourth-order valence-electron chi connectivity index (χ4n) is 8.57. The van der Waals surface area contributed by atoms with Crippen LogP contribution in [0.4, 0.5) is 17.1 Å². The van der Waals surface area contributed by atoms with Gasteiger partial charge in [-0.3, -0.25) is 0 Å². The molecule has 11 rings (SSSR count). The molecule has 1 aliphatic rings. The van der Waals surface area contributed by atoms with Crippen molar-refractivity contribution in [1.82, 2.24) is 0 Å². The molecule has 2 heterocycles. The Balaban J connectivity index is 1.11. The van der Waals surface area contributed by atoms with E-state index in [1.807, 2.05) is 6.07 Å². The van der Waals surface area contributed by atoms with E-state index in [0.717, 1.165) is 67.9 Å². The van der Waals surface area contributed by atoms with Crippen LogP contribution in [0.3, 0.4) is 0 Å². The van der Waals surface area contributed by atoms with Crippen LogP contribution in [0.15, 0.2) is 197 Å². The number of rotatable bonds is 6. The summed E-state index contributed by atoms with van der Waals surface area (Å²) in [6, 6.07) is 65.0. The normalized spacial score (nSPS) is 13.9. The zero-order valence-corrected chi connectivity index (χ0v) is 30.0. The first kappa shape index (κ1) is 31.4. The van der Waals surface area contributed by atoms with E-state index in [1.165, 1.54) is 38.4 Å². The molecule has 3 heteroatoms. The van der Waals surface area contributed by atoms with Crippen LogP contribution in [-0.2, 0) is 0 Å². The molecule has 10 aromatic rings. The Bertz CT molecular complexity index is 3040. The van der Waals surface area contributed by atoms with Gasteiger partial charge in [0.15, 0.2) is 0 Å². The van der Waals surface area contributed by atoms with Crippen molar-refractivity contribution in [3.63, 3.8) is 0 Å². The van der Waals surface area contributed by atoms with E-state index in [2.05, 4.69) is 193 Å². The Hall–Kier alpha value is -7.10. The summed E-state index contributed by atoms with van der Waals surface area (Å²) < 4.78 is 13.1. The van der Waals surface area contributed by atoms with Crippen LogP contribution < -0.4 is 4.90 Å². The molecular formula is C52H35NO2. The van der Waals surface area contributed by atoms with Crippen molar-refractivity contribution in [3.8, 4) is 22.3 Å². The minimum Gasteiger partial charge on any atom is -0.460 e. The zero-order valence-electron chi connectivity index (χ0n) is 30.0. The lowest BCUT2D eigenvalue weighted by molar-refractivity contribution is 0.517. The second-order valence-corrected chi connectivity index (χ2v) is 14.4. The lowest BCUT2D eigenvalue weighted by Crippen LogP contribution is -2.12. The molecule has 0 fully saturated rings. The van der Waals surface area contributed by atoms with E-state index < -0.39 is 0 Å². The molecule has 0 aliphatic heterocycles. The first-order valence-electron chi connectivity index (χ1n) is 18.9. The van der Waals surface area contributed by atoms with Gasteiger partial charge in [-0.1, -0.05) is 140 Å². The highest BCUT2D eigenvalue weighted by atomic mass is 16.3. The number of hydrogen-bond donors (Lipinski definition) is 0. The van der Waals surface area contributed by atoms with Crippen LogP contribution in [0.25, 0.3) is 72.0 Å². The van der Waals surface area contributed by atoms with E-state index in [1.54, 1.807) is 0 Å². The molecular weight excluding hydrogens is 671 g/mol. The lowest BCUT2D eigenvalue weighted by Gasteiger charge is -2.29. The van der Waals surface area contributed by atoms with Gasteiger partial charge in [0.25, 0.3) is 0 Å².